The average Bonchev–Trinajstić information content (AvgIpc) is 2.52. The van der Waals surface area contributed by atoms with E-state index in [1.807, 2.05) is 48.5 Å². The summed E-state index contributed by atoms with van der Waals surface area (Å²) in [4.78, 5) is 11.9. The first-order chi connectivity index (χ1) is 10.2. The molecule has 0 aromatic heterocycles. The molecule has 108 valence electrons. The number of carbonyl (C=O) groups excluding carboxylic acids is 1. The van der Waals surface area contributed by atoms with Crippen LogP contribution in [0.1, 0.15) is 17.2 Å². The first-order valence-corrected chi connectivity index (χ1v) is 6.97. The average molecular weight is 302 g/mol. The summed E-state index contributed by atoms with van der Waals surface area (Å²) in [5.74, 6) is -0.280. The van der Waals surface area contributed by atoms with Crippen molar-refractivity contribution in [3.05, 3.63) is 76.8 Å². The summed E-state index contributed by atoms with van der Waals surface area (Å²) in [6, 6.07) is 16.2. The Hall–Kier alpha value is -2.10. The van der Waals surface area contributed by atoms with Crippen LogP contribution in [0.5, 0.6) is 0 Å². The van der Waals surface area contributed by atoms with E-state index in [1.54, 1.807) is 12.1 Å². The fourth-order valence-electron chi connectivity index (χ4n) is 1.92. The monoisotopic (exact) mass is 301 g/mol. The van der Waals surface area contributed by atoms with Crippen LogP contribution < -0.4 is 5.32 Å². The van der Waals surface area contributed by atoms with Gasteiger partial charge in [-0.3, -0.25) is 4.79 Å². The maximum absolute atomic E-state index is 11.9. The third-order valence-corrected chi connectivity index (χ3v) is 3.36. The van der Waals surface area contributed by atoms with Gasteiger partial charge in [0.1, 0.15) is 0 Å². The van der Waals surface area contributed by atoms with Crippen molar-refractivity contribution in [2.45, 2.75) is 6.04 Å². The SMILES string of the molecule is O=C(C=Cc1ccccc1Cl)NC(CO)c1ccccc1. The van der Waals surface area contributed by atoms with Crippen molar-refractivity contribution in [1.29, 1.82) is 0 Å². The Morgan fingerprint density at radius 2 is 1.81 bits per heavy atom. The number of benzene rings is 2. The highest BCUT2D eigenvalue weighted by Crippen LogP contribution is 2.16. The lowest BCUT2D eigenvalue weighted by Crippen LogP contribution is -2.29. The van der Waals surface area contributed by atoms with Gasteiger partial charge < -0.3 is 10.4 Å². The van der Waals surface area contributed by atoms with E-state index in [0.717, 1.165) is 11.1 Å². The molecule has 1 amide bonds. The van der Waals surface area contributed by atoms with Crippen molar-refractivity contribution < 1.29 is 9.90 Å². The summed E-state index contributed by atoms with van der Waals surface area (Å²) in [5, 5.41) is 12.7. The Labute approximate surface area is 128 Å². The van der Waals surface area contributed by atoms with Crippen molar-refractivity contribution in [2.24, 2.45) is 0 Å². The van der Waals surface area contributed by atoms with Crippen LogP contribution in [0, 0.1) is 0 Å². The van der Waals surface area contributed by atoms with Crippen LogP contribution in [-0.2, 0) is 4.79 Å². The second kappa shape index (κ2) is 7.62. The number of hydrogen-bond acceptors (Lipinski definition) is 2. The van der Waals surface area contributed by atoms with Crippen LogP contribution in [0.4, 0.5) is 0 Å². The van der Waals surface area contributed by atoms with Gasteiger partial charge in [0.15, 0.2) is 0 Å². The molecule has 0 fully saturated rings. The van der Waals surface area contributed by atoms with E-state index in [1.165, 1.54) is 6.08 Å². The largest absolute Gasteiger partial charge is 0.394 e. The predicted molar refractivity (Wildman–Crippen MR) is 84.9 cm³/mol. The summed E-state index contributed by atoms with van der Waals surface area (Å²) < 4.78 is 0. The Morgan fingerprint density at radius 1 is 1.14 bits per heavy atom. The molecule has 1 unspecified atom stereocenters. The van der Waals surface area contributed by atoms with Crippen molar-refractivity contribution in [3.63, 3.8) is 0 Å². The van der Waals surface area contributed by atoms with E-state index in [4.69, 9.17) is 11.6 Å². The van der Waals surface area contributed by atoms with Crippen LogP contribution in [0.15, 0.2) is 60.7 Å². The second-order valence-electron chi connectivity index (χ2n) is 4.51. The van der Waals surface area contributed by atoms with Gasteiger partial charge in [0, 0.05) is 11.1 Å². The van der Waals surface area contributed by atoms with Gasteiger partial charge in [-0.2, -0.15) is 0 Å². The number of aliphatic hydroxyl groups excluding tert-OH is 1. The highest BCUT2D eigenvalue weighted by Gasteiger charge is 2.11. The molecule has 4 heteroatoms. The van der Waals surface area contributed by atoms with Crippen LogP contribution >= 0.6 is 11.6 Å². The minimum absolute atomic E-state index is 0.157. The third kappa shape index (κ3) is 4.45. The molecule has 21 heavy (non-hydrogen) atoms. The third-order valence-electron chi connectivity index (χ3n) is 3.02. The quantitative estimate of drug-likeness (QED) is 0.833. The standard InChI is InChI=1S/C17H16ClNO2/c18-15-9-5-4-6-13(15)10-11-17(21)19-16(12-20)14-7-2-1-3-8-14/h1-11,16,20H,12H2,(H,19,21). The molecule has 0 bridgehead atoms. The van der Waals surface area contributed by atoms with E-state index in [0.29, 0.717) is 5.02 Å². The lowest BCUT2D eigenvalue weighted by molar-refractivity contribution is -0.117. The Morgan fingerprint density at radius 3 is 2.48 bits per heavy atom. The number of halogens is 1. The molecular weight excluding hydrogens is 286 g/mol. The minimum atomic E-state index is -0.422. The molecule has 0 radical (unpaired) electrons. The molecule has 2 aromatic carbocycles. The smallest absolute Gasteiger partial charge is 0.244 e. The zero-order chi connectivity index (χ0) is 15.1. The number of nitrogens with one attached hydrogen (secondary N) is 1. The van der Waals surface area contributed by atoms with Gasteiger partial charge in [-0.15, -0.1) is 0 Å². The van der Waals surface area contributed by atoms with Crippen LogP contribution in [0.2, 0.25) is 5.02 Å². The summed E-state index contributed by atoms with van der Waals surface area (Å²) in [6.45, 7) is -0.157. The molecule has 0 heterocycles. The van der Waals surface area contributed by atoms with E-state index in [2.05, 4.69) is 5.32 Å². The summed E-state index contributed by atoms with van der Waals surface area (Å²) in [7, 11) is 0. The highest BCUT2D eigenvalue weighted by molar-refractivity contribution is 6.32. The van der Waals surface area contributed by atoms with Gasteiger partial charge in [-0.05, 0) is 23.3 Å². The zero-order valence-corrected chi connectivity index (χ0v) is 12.1. The molecule has 0 saturated carbocycles. The van der Waals surface area contributed by atoms with Crippen molar-refractivity contribution in [1.82, 2.24) is 5.32 Å². The lowest BCUT2D eigenvalue weighted by Gasteiger charge is -2.15. The molecule has 2 N–H and O–H groups in total. The minimum Gasteiger partial charge on any atom is -0.394 e. The maximum atomic E-state index is 11.9. The van der Waals surface area contributed by atoms with Crippen molar-refractivity contribution >= 4 is 23.6 Å². The molecular formula is C17H16ClNO2. The van der Waals surface area contributed by atoms with E-state index in [9.17, 15) is 9.90 Å². The van der Waals surface area contributed by atoms with Gasteiger partial charge in [-0.25, -0.2) is 0 Å². The summed E-state index contributed by atoms with van der Waals surface area (Å²) in [6.07, 6.45) is 3.06. The summed E-state index contributed by atoms with van der Waals surface area (Å²) in [5.41, 5.74) is 1.63. The van der Waals surface area contributed by atoms with Crippen molar-refractivity contribution in [3.8, 4) is 0 Å². The number of hydrogen-bond donors (Lipinski definition) is 2. The number of rotatable bonds is 5. The first kappa shape index (κ1) is 15.3. The highest BCUT2D eigenvalue weighted by atomic mass is 35.5. The van der Waals surface area contributed by atoms with Gasteiger partial charge >= 0.3 is 0 Å². The zero-order valence-electron chi connectivity index (χ0n) is 11.4. The summed E-state index contributed by atoms with van der Waals surface area (Å²) >= 11 is 6.01. The first-order valence-electron chi connectivity index (χ1n) is 6.59. The number of amides is 1. The Kier molecular flexibility index (Phi) is 5.55. The fraction of sp³-hybridized carbons (Fsp3) is 0.118. The number of carbonyl (C=O) groups is 1. The normalized spacial score (nSPS) is 12.3. The molecule has 3 nitrogen and oxygen atoms in total. The maximum Gasteiger partial charge on any atom is 0.244 e. The van der Waals surface area contributed by atoms with Crippen LogP contribution in [-0.4, -0.2) is 17.6 Å². The predicted octanol–water partition coefficient (Wildman–Crippen LogP) is 3.20. The van der Waals surface area contributed by atoms with Crippen LogP contribution in [0.25, 0.3) is 6.08 Å². The molecule has 0 spiro atoms. The molecule has 0 aliphatic carbocycles. The lowest BCUT2D eigenvalue weighted by atomic mass is 10.1. The van der Waals surface area contributed by atoms with Gasteiger partial charge in [0.2, 0.25) is 5.91 Å². The van der Waals surface area contributed by atoms with E-state index < -0.39 is 6.04 Å². The molecule has 1 atom stereocenters. The van der Waals surface area contributed by atoms with Crippen LogP contribution in [0.3, 0.4) is 0 Å². The van der Waals surface area contributed by atoms with Gasteiger partial charge in [-0.1, -0.05) is 60.1 Å². The van der Waals surface area contributed by atoms with Gasteiger partial charge in [0.25, 0.3) is 0 Å². The molecule has 2 aromatic rings. The van der Waals surface area contributed by atoms with Gasteiger partial charge in [0.05, 0.1) is 12.6 Å². The van der Waals surface area contributed by atoms with E-state index >= 15 is 0 Å². The Bertz CT molecular complexity index is 626. The molecule has 2 rings (SSSR count). The molecule has 0 aliphatic heterocycles. The Balaban J connectivity index is 2.02. The van der Waals surface area contributed by atoms with Crippen molar-refractivity contribution in [2.75, 3.05) is 6.61 Å². The van der Waals surface area contributed by atoms with E-state index in [-0.39, 0.29) is 12.5 Å². The topological polar surface area (TPSA) is 49.3 Å². The fourth-order valence-corrected chi connectivity index (χ4v) is 2.11. The second-order valence-corrected chi connectivity index (χ2v) is 4.92. The molecule has 0 aliphatic rings. The molecule has 0 saturated heterocycles. The number of aliphatic hydroxyl groups is 1.